The first-order chi connectivity index (χ1) is 4.68. The topological polar surface area (TPSA) is 60.9 Å². The number of nitrogens with zero attached hydrogens (tertiary/aromatic N) is 2. The summed E-state index contributed by atoms with van der Waals surface area (Å²) in [5.41, 5.74) is 5.33. The van der Waals surface area contributed by atoms with Crippen molar-refractivity contribution in [2.45, 2.75) is 6.29 Å². The first-order valence-electron chi connectivity index (χ1n) is 2.97. The zero-order valence-corrected chi connectivity index (χ0v) is 6.74. The summed E-state index contributed by atoms with van der Waals surface area (Å²) >= 11 is 0. The first-order valence-corrected chi connectivity index (χ1v) is 5.08. The predicted molar refractivity (Wildman–Crippen MR) is 41.6 cm³/mol. The van der Waals surface area contributed by atoms with Crippen molar-refractivity contribution in [3.8, 4) is 0 Å². The molecule has 0 aliphatic heterocycles. The molecule has 0 aromatic carbocycles. The van der Waals surface area contributed by atoms with Gasteiger partial charge in [0.15, 0.2) is 0 Å². The van der Waals surface area contributed by atoms with Crippen LogP contribution in [0.4, 0.5) is 5.82 Å². The van der Waals surface area contributed by atoms with E-state index in [4.69, 9.17) is 5.73 Å². The summed E-state index contributed by atoms with van der Waals surface area (Å²) in [5.74, 6) is 0.475. The van der Waals surface area contributed by atoms with Crippen LogP contribution in [0.15, 0.2) is 12.3 Å². The molecule has 0 bridgehead atoms. The van der Waals surface area contributed by atoms with Crippen molar-refractivity contribution in [2.24, 2.45) is 0 Å². The molecule has 1 aromatic heterocycles. The van der Waals surface area contributed by atoms with Crippen molar-refractivity contribution in [1.29, 1.82) is 0 Å². The van der Waals surface area contributed by atoms with Crippen molar-refractivity contribution in [3.63, 3.8) is 0 Å². The molecule has 0 aliphatic rings. The zero-order valence-electron chi connectivity index (χ0n) is 5.74. The monoisotopic (exact) mass is 159 g/mol. The van der Waals surface area contributed by atoms with Crippen LogP contribution in [0.3, 0.4) is 0 Å². The number of hydrogen-bond donors (Lipinski definition) is 1. The molecule has 0 saturated heterocycles. The molecule has 0 fully saturated rings. The lowest BCUT2D eigenvalue weighted by Crippen LogP contribution is -1.95. The molecule has 56 valence electrons. The van der Waals surface area contributed by atoms with E-state index in [0.29, 0.717) is 12.1 Å². The van der Waals surface area contributed by atoms with Gasteiger partial charge in [-0.2, -0.15) is 5.10 Å². The quantitative estimate of drug-likeness (QED) is 0.643. The highest BCUT2D eigenvalue weighted by Gasteiger charge is 1.94. The Labute approximate surface area is 59.8 Å². The van der Waals surface area contributed by atoms with E-state index in [1.54, 1.807) is 23.6 Å². The number of rotatable bonds is 2. The maximum absolute atomic E-state index is 10.7. The van der Waals surface area contributed by atoms with Crippen molar-refractivity contribution < 1.29 is 4.57 Å². The van der Waals surface area contributed by atoms with E-state index in [1.807, 2.05) is 0 Å². The molecular formula is C5H10N3OP. The second kappa shape index (κ2) is 2.88. The van der Waals surface area contributed by atoms with E-state index >= 15 is 0 Å². The van der Waals surface area contributed by atoms with Gasteiger partial charge in [0, 0.05) is 6.20 Å². The van der Waals surface area contributed by atoms with Crippen LogP contribution in [0, 0.1) is 0 Å². The number of aromatic nitrogens is 2. The Morgan fingerprint density at radius 2 is 2.60 bits per heavy atom. The SMILES string of the molecule is C[PH](=O)Cn1ccc(N)n1. The van der Waals surface area contributed by atoms with Gasteiger partial charge in [-0.15, -0.1) is 0 Å². The van der Waals surface area contributed by atoms with Crippen molar-refractivity contribution in [2.75, 3.05) is 12.4 Å². The molecule has 5 heteroatoms. The molecule has 0 spiro atoms. The molecule has 0 amide bonds. The van der Waals surface area contributed by atoms with Gasteiger partial charge in [0.2, 0.25) is 0 Å². The zero-order chi connectivity index (χ0) is 7.56. The molecule has 4 nitrogen and oxygen atoms in total. The second-order valence-corrected chi connectivity index (χ2v) is 3.86. The lowest BCUT2D eigenvalue weighted by Gasteiger charge is -1.94. The van der Waals surface area contributed by atoms with Gasteiger partial charge < -0.3 is 10.3 Å². The summed E-state index contributed by atoms with van der Waals surface area (Å²) in [5, 5.41) is 3.87. The molecule has 0 aliphatic carbocycles. The Morgan fingerprint density at radius 1 is 1.90 bits per heavy atom. The third-order valence-electron chi connectivity index (χ3n) is 1.05. The average molecular weight is 159 g/mol. The fourth-order valence-corrected chi connectivity index (χ4v) is 1.33. The molecule has 10 heavy (non-hydrogen) atoms. The lowest BCUT2D eigenvalue weighted by molar-refractivity contribution is 0.579. The fourth-order valence-electron chi connectivity index (χ4n) is 0.694. The largest absolute Gasteiger partial charge is 0.382 e. The summed E-state index contributed by atoms with van der Waals surface area (Å²) in [4.78, 5) is 0. The van der Waals surface area contributed by atoms with Crippen molar-refractivity contribution in [3.05, 3.63) is 12.3 Å². The molecule has 1 atom stereocenters. The molecule has 0 radical (unpaired) electrons. The van der Waals surface area contributed by atoms with Gasteiger partial charge in [-0.1, -0.05) is 0 Å². The van der Waals surface area contributed by atoms with E-state index in [9.17, 15) is 4.57 Å². The average Bonchev–Trinajstić information content (AvgIpc) is 2.13. The van der Waals surface area contributed by atoms with Crippen LogP contribution in [0.25, 0.3) is 0 Å². The maximum atomic E-state index is 10.7. The van der Waals surface area contributed by atoms with Crippen LogP contribution in [-0.4, -0.2) is 16.4 Å². The Kier molecular flexibility index (Phi) is 2.12. The Balaban J connectivity index is 2.67. The Hall–Kier alpha value is -0.760. The summed E-state index contributed by atoms with van der Waals surface area (Å²) in [6.07, 6.45) is 2.21. The van der Waals surface area contributed by atoms with E-state index in [0.717, 1.165) is 0 Å². The van der Waals surface area contributed by atoms with E-state index in [-0.39, 0.29) is 0 Å². The minimum Gasteiger partial charge on any atom is -0.382 e. The Bertz CT molecular complexity index is 245. The molecular weight excluding hydrogens is 149 g/mol. The standard InChI is InChI=1S/C5H10N3OP/c1-10(9)4-8-3-2-5(6)7-8/h2-3,10H,4H2,1H3,(H2,6,7). The van der Waals surface area contributed by atoms with Gasteiger partial charge in [-0.25, -0.2) is 0 Å². The minimum atomic E-state index is -1.48. The number of nitrogen functional groups attached to an aromatic ring is 1. The van der Waals surface area contributed by atoms with E-state index in [1.165, 1.54) is 0 Å². The summed E-state index contributed by atoms with van der Waals surface area (Å²) in [6.45, 7) is 1.70. The van der Waals surface area contributed by atoms with Crippen LogP contribution < -0.4 is 5.73 Å². The summed E-state index contributed by atoms with van der Waals surface area (Å²) in [6, 6.07) is 1.69. The van der Waals surface area contributed by atoms with Crippen LogP contribution in [0.5, 0.6) is 0 Å². The van der Waals surface area contributed by atoms with Gasteiger partial charge in [-0.05, 0) is 12.7 Å². The highest BCUT2D eigenvalue weighted by Crippen LogP contribution is 2.15. The highest BCUT2D eigenvalue weighted by atomic mass is 31.1. The molecule has 2 N–H and O–H groups in total. The van der Waals surface area contributed by atoms with Crippen LogP contribution in [0.1, 0.15) is 0 Å². The van der Waals surface area contributed by atoms with E-state index in [2.05, 4.69) is 5.10 Å². The highest BCUT2D eigenvalue weighted by molar-refractivity contribution is 7.42. The maximum Gasteiger partial charge on any atom is 0.145 e. The normalized spacial score (nSPS) is 13.3. The molecule has 1 rings (SSSR count). The van der Waals surface area contributed by atoms with Crippen molar-refractivity contribution in [1.82, 2.24) is 9.78 Å². The number of anilines is 1. The molecule has 1 aromatic rings. The molecule has 0 saturated carbocycles. The van der Waals surface area contributed by atoms with Gasteiger partial charge in [0.25, 0.3) is 0 Å². The van der Waals surface area contributed by atoms with Gasteiger partial charge >= 0.3 is 0 Å². The lowest BCUT2D eigenvalue weighted by atomic mass is 10.7. The first kappa shape index (κ1) is 7.35. The van der Waals surface area contributed by atoms with Crippen LogP contribution in [0.2, 0.25) is 0 Å². The second-order valence-electron chi connectivity index (χ2n) is 2.14. The van der Waals surface area contributed by atoms with Crippen LogP contribution in [-0.2, 0) is 10.9 Å². The number of nitrogens with two attached hydrogens (primary N) is 1. The smallest absolute Gasteiger partial charge is 0.145 e. The third-order valence-corrected chi connectivity index (χ3v) is 1.82. The Morgan fingerprint density at radius 3 is 3.00 bits per heavy atom. The summed E-state index contributed by atoms with van der Waals surface area (Å²) < 4.78 is 12.3. The molecule has 1 heterocycles. The summed E-state index contributed by atoms with van der Waals surface area (Å²) in [7, 11) is -1.48. The fraction of sp³-hybridized carbons (Fsp3) is 0.400. The van der Waals surface area contributed by atoms with Gasteiger partial charge in [0.05, 0.1) is 14.1 Å². The minimum absolute atomic E-state index is 0.475. The third kappa shape index (κ3) is 1.88. The molecule has 1 unspecified atom stereocenters. The number of hydrogen-bond acceptors (Lipinski definition) is 3. The predicted octanol–water partition coefficient (Wildman–Crippen LogP) is 0.612. The van der Waals surface area contributed by atoms with E-state index < -0.39 is 7.80 Å². The van der Waals surface area contributed by atoms with Gasteiger partial charge in [-0.3, -0.25) is 4.68 Å². The van der Waals surface area contributed by atoms with Gasteiger partial charge in [0.1, 0.15) is 5.82 Å². The van der Waals surface area contributed by atoms with Crippen molar-refractivity contribution >= 4 is 13.6 Å². The van der Waals surface area contributed by atoms with Crippen LogP contribution >= 0.6 is 7.80 Å².